The smallest absolute Gasteiger partial charge is 0.0836 e. The molecule has 3 aliphatic rings. The SMILES string of the molecule is C[Si]1(C)c2ccccc2-c2cc3c(-c4ccc(-c5ccccc5)cc4)c4ccc(-c5ccc(C6=CCCC=C6)cc5)cc4c(C4=CC=C(c5ccccc5)CC4)c3cc21. The number of hydrogen-bond acceptors (Lipinski definition) is 0. The van der Waals surface area contributed by atoms with Crippen molar-refractivity contribution in [3.05, 3.63) is 211 Å². The Morgan fingerprint density at radius 2 is 0.966 bits per heavy atom. The fraction of sp³-hybridized carbons (Fsp3) is 0.103. The van der Waals surface area contributed by atoms with Crippen molar-refractivity contribution in [3.8, 4) is 44.5 Å². The van der Waals surface area contributed by atoms with Gasteiger partial charge >= 0.3 is 0 Å². The average molecular weight is 771 g/mol. The molecule has 0 saturated heterocycles. The zero-order chi connectivity index (χ0) is 39.5. The fourth-order valence-corrected chi connectivity index (χ4v) is 13.2. The Bertz CT molecular complexity index is 3060. The molecular formula is C58H46Si. The molecule has 1 aliphatic heterocycles. The van der Waals surface area contributed by atoms with Crippen LogP contribution in [0.15, 0.2) is 194 Å². The van der Waals surface area contributed by atoms with Crippen LogP contribution in [0, 0.1) is 0 Å². The predicted octanol–water partition coefficient (Wildman–Crippen LogP) is 14.8. The number of benzene rings is 8. The highest BCUT2D eigenvalue weighted by Gasteiger charge is 2.38. The van der Waals surface area contributed by atoms with Gasteiger partial charge < -0.3 is 0 Å². The molecule has 0 nitrogen and oxygen atoms in total. The molecule has 0 unspecified atom stereocenters. The second-order valence-electron chi connectivity index (χ2n) is 17.0. The van der Waals surface area contributed by atoms with E-state index in [-0.39, 0.29) is 0 Å². The second-order valence-corrected chi connectivity index (χ2v) is 21.4. The van der Waals surface area contributed by atoms with Crippen molar-refractivity contribution in [2.45, 2.75) is 38.8 Å². The lowest BCUT2D eigenvalue weighted by Gasteiger charge is -2.24. The number of allylic oxidation sites excluding steroid dienone is 8. The summed E-state index contributed by atoms with van der Waals surface area (Å²) in [7, 11) is -1.96. The molecule has 1 heterocycles. The molecule has 282 valence electrons. The van der Waals surface area contributed by atoms with E-state index in [0.717, 1.165) is 25.7 Å². The van der Waals surface area contributed by atoms with Crippen molar-refractivity contribution in [2.75, 3.05) is 0 Å². The molecule has 0 amide bonds. The van der Waals surface area contributed by atoms with Gasteiger partial charge in [0.25, 0.3) is 0 Å². The monoisotopic (exact) mass is 770 g/mol. The minimum Gasteiger partial charge on any atom is -0.0836 e. The molecule has 0 N–H and O–H groups in total. The summed E-state index contributed by atoms with van der Waals surface area (Å²) >= 11 is 0. The van der Waals surface area contributed by atoms with Crippen LogP contribution < -0.4 is 10.4 Å². The molecule has 1 heteroatoms. The van der Waals surface area contributed by atoms with Crippen molar-refractivity contribution < 1.29 is 0 Å². The maximum Gasteiger partial charge on any atom is 0.113 e. The van der Waals surface area contributed by atoms with Crippen molar-refractivity contribution in [3.63, 3.8) is 0 Å². The minimum absolute atomic E-state index is 0.996. The van der Waals surface area contributed by atoms with Crippen LogP contribution in [0.5, 0.6) is 0 Å². The molecule has 0 radical (unpaired) electrons. The average Bonchev–Trinajstić information content (AvgIpc) is 3.53. The van der Waals surface area contributed by atoms with Gasteiger partial charge in [-0.1, -0.05) is 195 Å². The topological polar surface area (TPSA) is 0 Å². The van der Waals surface area contributed by atoms with Gasteiger partial charge in [-0.05, 0) is 148 Å². The van der Waals surface area contributed by atoms with Gasteiger partial charge in [0.1, 0.15) is 8.07 Å². The molecule has 0 atom stereocenters. The van der Waals surface area contributed by atoms with Gasteiger partial charge in [0.15, 0.2) is 0 Å². The van der Waals surface area contributed by atoms with Crippen LogP contribution in [0.25, 0.3) is 82.8 Å². The molecule has 59 heavy (non-hydrogen) atoms. The largest absolute Gasteiger partial charge is 0.113 e. The molecule has 0 spiro atoms. The van der Waals surface area contributed by atoms with E-state index in [1.165, 1.54) is 99.5 Å². The highest BCUT2D eigenvalue weighted by atomic mass is 28.3. The Labute approximate surface area is 349 Å². The maximum absolute atomic E-state index is 2.64. The van der Waals surface area contributed by atoms with E-state index in [2.05, 4.69) is 207 Å². The Hall–Kier alpha value is -6.54. The summed E-state index contributed by atoms with van der Waals surface area (Å²) in [5, 5.41) is 8.44. The van der Waals surface area contributed by atoms with Gasteiger partial charge in [-0.15, -0.1) is 0 Å². The lowest BCUT2D eigenvalue weighted by atomic mass is 9.81. The quantitative estimate of drug-likeness (QED) is 0.117. The highest BCUT2D eigenvalue weighted by Crippen LogP contribution is 2.47. The Morgan fingerprint density at radius 1 is 0.390 bits per heavy atom. The van der Waals surface area contributed by atoms with Crippen LogP contribution in [-0.4, -0.2) is 8.07 Å². The molecule has 2 aliphatic carbocycles. The number of rotatable bonds is 6. The summed E-state index contributed by atoms with van der Waals surface area (Å²) in [5.41, 5.74) is 18.5. The van der Waals surface area contributed by atoms with E-state index < -0.39 is 8.07 Å². The number of hydrogen-bond donors (Lipinski definition) is 0. The van der Waals surface area contributed by atoms with Gasteiger partial charge in [0, 0.05) is 0 Å². The summed E-state index contributed by atoms with van der Waals surface area (Å²) in [6.45, 7) is 5.09. The lowest BCUT2D eigenvalue weighted by molar-refractivity contribution is 1.04. The van der Waals surface area contributed by atoms with Crippen molar-refractivity contribution in [1.29, 1.82) is 0 Å². The summed E-state index contributed by atoms with van der Waals surface area (Å²) in [6.07, 6.45) is 16.0. The summed E-state index contributed by atoms with van der Waals surface area (Å²) in [6, 6.07) is 61.9. The minimum atomic E-state index is -1.96. The molecule has 0 bridgehead atoms. The lowest BCUT2D eigenvalue weighted by Crippen LogP contribution is -2.49. The van der Waals surface area contributed by atoms with Crippen LogP contribution in [-0.2, 0) is 0 Å². The second kappa shape index (κ2) is 14.4. The van der Waals surface area contributed by atoms with E-state index >= 15 is 0 Å². The third-order valence-electron chi connectivity index (χ3n) is 13.3. The third kappa shape index (κ3) is 6.12. The van der Waals surface area contributed by atoms with Gasteiger partial charge in [-0.25, -0.2) is 0 Å². The molecule has 0 saturated carbocycles. The molecule has 0 aromatic heterocycles. The van der Waals surface area contributed by atoms with E-state index in [9.17, 15) is 0 Å². The summed E-state index contributed by atoms with van der Waals surface area (Å²) in [5.74, 6) is 0. The Balaban J connectivity index is 1.19. The van der Waals surface area contributed by atoms with Crippen molar-refractivity contribution >= 4 is 56.7 Å². The molecule has 8 aromatic carbocycles. The molecule has 8 aromatic rings. The summed E-state index contributed by atoms with van der Waals surface area (Å²) < 4.78 is 0. The molecular weight excluding hydrogens is 725 g/mol. The van der Waals surface area contributed by atoms with E-state index in [1.807, 2.05) is 0 Å². The van der Waals surface area contributed by atoms with E-state index in [1.54, 1.807) is 10.4 Å². The molecule has 11 rings (SSSR count). The zero-order valence-electron chi connectivity index (χ0n) is 33.8. The van der Waals surface area contributed by atoms with Crippen LogP contribution in [0.1, 0.15) is 42.4 Å². The summed E-state index contributed by atoms with van der Waals surface area (Å²) in [4.78, 5) is 0. The van der Waals surface area contributed by atoms with Crippen LogP contribution in [0.2, 0.25) is 13.1 Å². The first-order chi connectivity index (χ1) is 29.0. The maximum atomic E-state index is 2.64. The van der Waals surface area contributed by atoms with E-state index in [4.69, 9.17) is 0 Å². The van der Waals surface area contributed by atoms with Gasteiger partial charge in [-0.3, -0.25) is 0 Å². The normalized spacial score (nSPS) is 15.4. The van der Waals surface area contributed by atoms with E-state index in [0.29, 0.717) is 0 Å². The third-order valence-corrected chi connectivity index (χ3v) is 16.8. The van der Waals surface area contributed by atoms with Gasteiger partial charge in [-0.2, -0.15) is 0 Å². The fourth-order valence-electron chi connectivity index (χ4n) is 10.1. The van der Waals surface area contributed by atoms with Gasteiger partial charge in [0.2, 0.25) is 0 Å². The van der Waals surface area contributed by atoms with Crippen molar-refractivity contribution in [1.82, 2.24) is 0 Å². The van der Waals surface area contributed by atoms with Crippen LogP contribution >= 0.6 is 0 Å². The first kappa shape index (κ1) is 35.6. The zero-order valence-corrected chi connectivity index (χ0v) is 34.8. The predicted molar refractivity (Wildman–Crippen MR) is 258 cm³/mol. The van der Waals surface area contributed by atoms with Crippen LogP contribution in [0.4, 0.5) is 0 Å². The number of fused-ring (bicyclic) bond motifs is 5. The van der Waals surface area contributed by atoms with Crippen molar-refractivity contribution in [2.24, 2.45) is 0 Å². The first-order valence-corrected chi connectivity index (χ1v) is 24.3. The molecule has 0 fully saturated rings. The van der Waals surface area contributed by atoms with Gasteiger partial charge in [0.05, 0.1) is 0 Å². The first-order valence-electron chi connectivity index (χ1n) is 21.3. The standard InChI is InChI=1S/C58H46Si/c1-59(2)55-21-13-12-20-49(55)51-37-53-54(38-56(51)59)58(47-32-28-44(29-33-47)41-18-10-5-11-19-41)52-36-48(45-24-22-42(23-25-45)39-14-6-3-7-15-39)34-35-50(52)57(53)46-30-26-43(27-31-46)40-16-8-4-9-17-40/h4-6,8-28,30-32,34-38H,3,7,29,33H2,1-2H3. The Morgan fingerprint density at radius 3 is 1.68 bits per heavy atom. The highest BCUT2D eigenvalue weighted by molar-refractivity contribution is 7.04. The Kier molecular flexibility index (Phi) is 8.68. The van der Waals surface area contributed by atoms with Crippen LogP contribution in [0.3, 0.4) is 0 Å².